The highest BCUT2D eigenvalue weighted by atomic mass is 35.5. The van der Waals surface area contributed by atoms with Crippen LogP contribution in [-0.4, -0.2) is 17.2 Å². The molecule has 1 aromatic carbocycles. The summed E-state index contributed by atoms with van der Waals surface area (Å²) in [4.78, 5) is 4.34. The van der Waals surface area contributed by atoms with E-state index in [9.17, 15) is 5.11 Å². The lowest BCUT2D eigenvalue weighted by Gasteiger charge is -2.15. The summed E-state index contributed by atoms with van der Waals surface area (Å²) < 4.78 is 6.32. The lowest BCUT2D eigenvalue weighted by Crippen LogP contribution is -2.03. The molecule has 102 valence electrons. The zero-order valence-corrected chi connectivity index (χ0v) is 12.3. The molecule has 0 saturated carbocycles. The molecule has 5 heteroatoms. The number of hydrogen-bond donors (Lipinski definition) is 1. The Morgan fingerprint density at radius 2 is 2.15 bits per heavy atom. The average molecular weight is 306 g/mol. The zero-order chi connectivity index (χ0) is 14.1. The Kier molecular flexibility index (Phi) is 3.61. The van der Waals surface area contributed by atoms with Gasteiger partial charge in [-0.2, -0.15) is 0 Å². The summed E-state index contributed by atoms with van der Waals surface area (Å²) in [7, 11) is 1.57. The molecule has 0 fully saturated rings. The highest BCUT2D eigenvalue weighted by molar-refractivity contribution is 7.17. The zero-order valence-electron chi connectivity index (χ0n) is 10.7. The minimum absolute atomic E-state index is 0.560. The van der Waals surface area contributed by atoms with Crippen LogP contribution in [0.3, 0.4) is 0 Å². The van der Waals surface area contributed by atoms with Gasteiger partial charge in [0, 0.05) is 22.3 Å². The topological polar surface area (TPSA) is 42.4 Å². The number of aromatic nitrogens is 1. The van der Waals surface area contributed by atoms with Gasteiger partial charge < -0.3 is 9.84 Å². The van der Waals surface area contributed by atoms with Crippen molar-refractivity contribution in [2.24, 2.45) is 0 Å². The van der Waals surface area contributed by atoms with Gasteiger partial charge in [0.05, 0.1) is 17.3 Å². The van der Waals surface area contributed by atoms with Crippen molar-refractivity contribution in [1.29, 1.82) is 0 Å². The Balaban J connectivity index is 2.06. The maximum Gasteiger partial charge on any atom is 0.125 e. The first-order valence-electron chi connectivity index (χ1n) is 6.03. The minimum Gasteiger partial charge on any atom is -0.496 e. The molecule has 0 spiro atoms. The molecule has 3 aromatic rings. The van der Waals surface area contributed by atoms with Gasteiger partial charge in [-0.1, -0.05) is 11.6 Å². The number of pyridine rings is 1. The maximum atomic E-state index is 10.6. The molecule has 20 heavy (non-hydrogen) atoms. The van der Waals surface area contributed by atoms with E-state index in [4.69, 9.17) is 16.3 Å². The van der Waals surface area contributed by atoms with Gasteiger partial charge in [-0.3, -0.25) is 4.98 Å². The van der Waals surface area contributed by atoms with Gasteiger partial charge in [-0.15, -0.1) is 11.3 Å². The molecule has 1 unspecified atom stereocenters. The highest BCUT2D eigenvalue weighted by Crippen LogP contribution is 2.33. The van der Waals surface area contributed by atoms with Gasteiger partial charge in [0.25, 0.3) is 0 Å². The molecule has 1 N–H and O–H groups in total. The van der Waals surface area contributed by atoms with E-state index in [0.717, 1.165) is 15.8 Å². The number of benzene rings is 1. The minimum atomic E-state index is -0.817. The summed E-state index contributed by atoms with van der Waals surface area (Å²) in [5, 5.41) is 13.1. The van der Waals surface area contributed by atoms with Crippen molar-refractivity contribution in [3.63, 3.8) is 0 Å². The second-order valence-corrected chi connectivity index (χ2v) is 5.75. The van der Waals surface area contributed by atoms with Crippen LogP contribution in [0.1, 0.15) is 17.2 Å². The molecule has 2 aromatic heterocycles. The third-order valence-electron chi connectivity index (χ3n) is 3.13. The molecule has 3 rings (SSSR count). The number of aliphatic hydroxyl groups excluding tert-OH is 1. The lowest BCUT2D eigenvalue weighted by atomic mass is 10.0. The number of rotatable bonds is 3. The number of fused-ring (bicyclic) bond motifs is 1. The molecule has 0 bridgehead atoms. The largest absolute Gasteiger partial charge is 0.496 e. The quantitative estimate of drug-likeness (QED) is 0.794. The number of methoxy groups -OCH3 is 1. The van der Waals surface area contributed by atoms with Crippen LogP contribution in [0.2, 0.25) is 5.02 Å². The SMILES string of the molecule is COc1ccc(Cl)cc1C(O)c1cnc2ccsc2c1. The van der Waals surface area contributed by atoms with Crippen LogP contribution in [0.5, 0.6) is 5.75 Å². The molecule has 0 aliphatic heterocycles. The molecule has 0 radical (unpaired) electrons. The predicted molar refractivity (Wildman–Crippen MR) is 81.7 cm³/mol. The molecule has 2 heterocycles. The number of aliphatic hydroxyl groups is 1. The van der Waals surface area contributed by atoms with Gasteiger partial charge >= 0.3 is 0 Å². The highest BCUT2D eigenvalue weighted by Gasteiger charge is 2.17. The Morgan fingerprint density at radius 1 is 1.30 bits per heavy atom. The molecule has 1 atom stereocenters. The summed E-state index contributed by atoms with van der Waals surface area (Å²) in [5.41, 5.74) is 2.29. The van der Waals surface area contributed by atoms with E-state index in [1.807, 2.05) is 17.5 Å². The van der Waals surface area contributed by atoms with Crippen molar-refractivity contribution in [2.75, 3.05) is 7.11 Å². The van der Waals surface area contributed by atoms with E-state index in [-0.39, 0.29) is 0 Å². The average Bonchev–Trinajstić information content (AvgIpc) is 2.93. The van der Waals surface area contributed by atoms with E-state index < -0.39 is 6.10 Å². The first kappa shape index (κ1) is 13.4. The summed E-state index contributed by atoms with van der Waals surface area (Å²) in [6.07, 6.45) is 0.864. The van der Waals surface area contributed by atoms with Crippen molar-refractivity contribution in [2.45, 2.75) is 6.10 Å². The fourth-order valence-corrected chi connectivity index (χ4v) is 3.08. The first-order chi connectivity index (χ1) is 9.69. The number of ether oxygens (including phenoxy) is 1. The van der Waals surface area contributed by atoms with Gasteiger partial charge in [-0.25, -0.2) is 0 Å². The molecule has 3 nitrogen and oxygen atoms in total. The molecule has 0 amide bonds. The fourth-order valence-electron chi connectivity index (χ4n) is 2.11. The van der Waals surface area contributed by atoms with Crippen LogP contribution < -0.4 is 4.74 Å². The molecule has 0 aliphatic rings. The summed E-state index contributed by atoms with van der Waals surface area (Å²) in [6.45, 7) is 0. The van der Waals surface area contributed by atoms with Crippen LogP contribution in [0.4, 0.5) is 0 Å². The lowest BCUT2D eigenvalue weighted by molar-refractivity contribution is 0.214. The van der Waals surface area contributed by atoms with E-state index >= 15 is 0 Å². The standard InChI is InChI=1S/C15H12ClNO2S/c1-19-13-3-2-10(16)7-11(13)15(18)9-6-14-12(17-8-9)4-5-20-14/h2-8,15,18H,1H3. The van der Waals surface area contributed by atoms with Crippen LogP contribution in [0, 0.1) is 0 Å². The predicted octanol–water partition coefficient (Wildman–Crippen LogP) is 4.04. The van der Waals surface area contributed by atoms with E-state index in [0.29, 0.717) is 16.3 Å². The van der Waals surface area contributed by atoms with Crippen LogP contribution in [0.15, 0.2) is 41.9 Å². The molecular formula is C15H12ClNO2S. The molecule has 0 saturated heterocycles. The van der Waals surface area contributed by atoms with E-state index in [1.54, 1.807) is 42.8 Å². The second-order valence-electron chi connectivity index (χ2n) is 4.36. The van der Waals surface area contributed by atoms with Gasteiger partial charge in [0.1, 0.15) is 11.9 Å². The number of nitrogens with zero attached hydrogens (tertiary/aromatic N) is 1. The van der Waals surface area contributed by atoms with Crippen LogP contribution in [0.25, 0.3) is 10.2 Å². The van der Waals surface area contributed by atoms with E-state index in [1.165, 1.54) is 0 Å². The summed E-state index contributed by atoms with van der Waals surface area (Å²) in [5.74, 6) is 0.605. The maximum absolute atomic E-state index is 10.6. The van der Waals surface area contributed by atoms with Gasteiger partial charge in [0.15, 0.2) is 0 Å². The third kappa shape index (κ3) is 2.38. The van der Waals surface area contributed by atoms with Gasteiger partial charge in [0.2, 0.25) is 0 Å². The Bertz CT molecular complexity index is 756. The van der Waals surface area contributed by atoms with E-state index in [2.05, 4.69) is 4.98 Å². The van der Waals surface area contributed by atoms with Crippen molar-refractivity contribution < 1.29 is 9.84 Å². The third-order valence-corrected chi connectivity index (χ3v) is 4.21. The molecule has 0 aliphatic carbocycles. The van der Waals surface area contributed by atoms with Crippen LogP contribution in [-0.2, 0) is 0 Å². The molecular weight excluding hydrogens is 294 g/mol. The summed E-state index contributed by atoms with van der Waals surface area (Å²) >= 11 is 7.60. The van der Waals surface area contributed by atoms with Crippen LogP contribution >= 0.6 is 22.9 Å². The number of hydrogen-bond acceptors (Lipinski definition) is 4. The summed E-state index contributed by atoms with van der Waals surface area (Å²) in [6, 6.07) is 9.09. The monoisotopic (exact) mass is 305 g/mol. The fraction of sp³-hybridized carbons (Fsp3) is 0.133. The van der Waals surface area contributed by atoms with Crippen molar-refractivity contribution in [3.8, 4) is 5.75 Å². The Labute approximate surface area is 125 Å². The number of halogens is 1. The van der Waals surface area contributed by atoms with Gasteiger partial charge in [-0.05, 0) is 35.7 Å². The first-order valence-corrected chi connectivity index (χ1v) is 7.29. The van der Waals surface area contributed by atoms with Crippen molar-refractivity contribution >= 4 is 33.2 Å². The Hall–Kier alpha value is -1.62. The second kappa shape index (κ2) is 5.40. The Morgan fingerprint density at radius 3 is 2.95 bits per heavy atom. The number of thiophene rings is 1. The smallest absolute Gasteiger partial charge is 0.125 e. The van der Waals surface area contributed by atoms with Crippen molar-refractivity contribution in [1.82, 2.24) is 4.98 Å². The van der Waals surface area contributed by atoms with Crippen molar-refractivity contribution in [3.05, 3.63) is 58.1 Å². The normalized spacial score (nSPS) is 12.6.